The number of hydrogen-bond acceptors (Lipinski definition) is 2. The average molecular weight is 180 g/mol. The fourth-order valence-electron chi connectivity index (χ4n) is 1.42. The molecule has 13 heavy (non-hydrogen) atoms. The van der Waals surface area contributed by atoms with Crippen LogP contribution in [-0.4, -0.2) is 12.6 Å². The summed E-state index contributed by atoms with van der Waals surface area (Å²) in [7, 11) is 0. The molecule has 1 aliphatic carbocycles. The summed E-state index contributed by atoms with van der Waals surface area (Å²) in [5.41, 5.74) is 0. The van der Waals surface area contributed by atoms with Gasteiger partial charge in [0.25, 0.3) is 0 Å². The Morgan fingerprint density at radius 1 is 1.69 bits per heavy atom. The molecule has 0 aromatic carbocycles. The molecule has 0 aromatic heterocycles. The first-order valence-corrected chi connectivity index (χ1v) is 4.83. The van der Waals surface area contributed by atoms with Crippen LogP contribution in [0.5, 0.6) is 0 Å². The van der Waals surface area contributed by atoms with Crippen molar-refractivity contribution in [2.24, 2.45) is 5.92 Å². The van der Waals surface area contributed by atoms with Crippen molar-refractivity contribution in [1.82, 2.24) is 0 Å². The van der Waals surface area contributed by atoms with Crippen molar-refractivity contribution in [3.8, 4) is 0 Å². The van der Waals surface area contributed by atoms with Gasteiger partial charge in [0.15, 0.2) is 0 Å². The fraction of sp³-hybridized carbons (Fsp3) is 0.545. The Labute approximate surface area is 79.3 Å². The van der Waals surface area contributed by atoms with Crippen molar-refractivity contribution in [3.63, 3.8) is 0 Å². The maximum atomic E-state index is 10.9. The smallest absolute Gasteiger partial charge is 0.330 e. The van der Waals surface area contributed by atoms with Gasteiger partial charge in [-0.05, 0) is 32.1 Å². The summed E-state index contributed by atoms with van der Waals surface area (Å²) in [6.45, 7) is 2.26. The van der Waals surface area contributed by atoms with Crippen LogP contribution in [-0.2, 0) is 9.53 Å². The van der Waals surface area contributed by atoms with Gasteiger partial charge in [-0.1, -0.05) is 18.2 Å². The van der Waals surface area contributed by atoms with Crippen molar-refractivity contribution < 1.29 is 9.53 Å². The summed E-state index contributed by atoms with van der Waals surface area (Å²) < 4.78 is 4.76. The van der Waals surface area contributed by atoms with Gasteiger partial charge < -0.3 is 4.74 Å². The lowest BCUT2D eigenvalue weighted by atomic mass is 10.1. The Bertz CT molecular complexity index is 216. The molecule has 0 aliphatic heterocycles. The molecule has 72 valence electrons. The number of ether oxygens (including phenoxy) is 1. The molecule has 0 spiro atoms. The normalized spacial score (nSPS) is 21.2. The van der Waals surface area contributed by atoms with E-state index in [9.17, 15) is 4.79 Å². The first-order valence-electron chi connectivity index (χ1n) is 4.83. The van der Waals surface area contributed by atoms with Crippen molar-refractivity contribution >= 4 is 5.97 Å². The van der Waals surface area contributed by atoms with E-state index < -0.39 is 0 Å². The number of carbonyl (C=O) groups excluding carboxylic acids is 1. The van der Waals surface area contributed by atoms with Crippen LogP contribution in [0.4, 0.5) is 0 Å². The molecular formula is C11H16O2. The van der Waals surface area contributed by atoms with Gasteiger partial charge in [0.05, 0.1) is 6.61 Å². The van der Waals surface area contributed by atoms with Crippen LogP contribution in [0.3, 0.4) is 0 Å². The minimum absolute atomic E-state index is 0.232. The highest BCUT2D eigenvalue weighted by Gasteiger charge is 2.06. The molecule has 0 amide bonds. The van der Waals surface area contributed by atoms with Crippen LogP contribution < -0.4 is 0 Å². The fourth-order valence-corrected chi connectivity index (χ4v) is 1.42. The average Bonchev–Trinajstić information content (AvgIpc) is 2.57. The van der Waals surface area contributed by atoms with Crippen molar-refractivity contribution in [2.45, 2.75) is 26.2 Å². The number of rotatable bonds is 4. The topological polar surface area (TPSA) is 26.3 Å². The van der Waals surface area contributed by atoms with Crippen LogP contribution in [0, 0.1) is 5.92 Å². The number of hydrogen-bond donors (Lipinski definition) is 0. The molecule has 1 rings (SSSR count). The van der Waals surface area contributed by atoms with Crippen molar-refractivity contribution in [1.29, 1.82) is 0 Å². The van der Waals surface area contributed by atoms with E-state index in [4.69, 9.17) is 4.74 Å². The zero-order chi connectivity index (χ0) is 9.52. The van der Waals surface area contributed by atoms with Crippen LogP contribution in [0.25, 0.3) is 0 Å². The second-order valence-electron chi connectivity index (χ2n) is 3.16. The second-order valence-corrected chi connectivity index (χ2v) is 3.16. The van der Waals surface area contributed by atoms with E-state index in [0.717, 1.165) is 6.42 Å². The predicted octanol–water partition coefficient (Wildman–Crippen LogP) is 2.46. The molecule has 0 bridgehead atoms. The molecule has 0 aromatic rings. The van der Waals surface area contributed by atoms with Crippen LogP contribution in [0.15, 0.2) is 24.3 Å². The SMILES string of the molecule is CCOC(=O)/C=C/CC1C=CCC1. The zero-order valence-corrected chi connectivity index (χ0v) is 8.03. The van der Waals surface area contributed by atoms with Gasteiger partial charge in [-0.2, -0.15) is 0 Å². The van der Waals surface area contributed by atoms with Crippen LogP contribution in [0.1, 0.15) is 26.2 Å². The Morgan fingerprint density at radius 2 is 2.54 bits per heavy atom. The largest absolute Gasteiger partial charge is 0.463 e. The number of esters is 1. The lowest BCUT2D eigenvalue weighted by Gasteiger charge is -2.01. The third-order valence-electron chi connectivity index (χ3n) is 2.09. The molecule has 1 atom stereocenters. The lowest BCUT2D eigenvalue weighted by Crippen LogP contribution is -1.99. The number of carbonyl (C=O) groups is 1. The first kappa shape index (κ1) is 10.0. The second kappa shape index (κ2) is 5.57. The van der Waals surface area contributed by atoms with Gasteiger partial charge in [-0.25, -0.2) is 4.79 Å². The zero-order valence-electron chi connectivity index (χ0n) is 8.03. The van der Waals surface area contributed by atoms with E-state index in [1.807, 2.05) is 13.0 Å². The van der Waals surface area contributed by atoms with E-state index in [1.165, 1.54) is 18.9 Å². The third kappa shape index (κ3) is 3.92. The van der Waals surface area contributed by atoms with Gasteiger partial charge >= 0.3 is 5.97 Å². The number of allylic oxidation sites excluding steroid dienone is 3. The lowest BCUT2D eigenvalue weighted by molar-refractivity contribution is -0.137. The first-order chi connectivity index (χ1) is 6.33. The molecular weight excluding hydrogens is 164 g/mol. The molecule has 0 saturated heterocycles. The van der Waals surface area contributed by atoms with E-state index in [2.05, 4.69) is 12.2 Å². The summed E-state index contributed by atoms with van der Waals surface area (Å²) in [5.74, 6) is 0.398. The van der Waals surface area contributed by atoms with Crippen molar-refractivity contribution in [3.05, 3.63) is 24.3 Å². The van der Waals surface area contributed by atoms with E-state index in [1.54, 1.807) is 0 Å². The quantitative estimate of drug-likeness (QED) is 0.377. The van der Waals surface area contributed by atoms with Crippen LogP contribution >= 0.6 is 0 Å². The summed E-state index contributed by atoms with van der Waals surface area (Å²) in [4.78, 5) is 10.9. The minimum Gasteiger partial charge on any atom is -0.463 e. The highest BCUT2D eigenvalue weighted by Crippen LogP contribution is 2.20. The molecule has 1 unspecified atom stereocenters. The van der Waals surface area contributed by atoms with Gasteiger partial charge in [0.2, 0.25) is 0 Å². The van der Waals surface area contributed by atoms with Gasteiger partial charge in [-0.15, -0.1) is 0 Å². The third-order valence-corrected chi connectivity index (χ3v) is 2.09. The maximum Gasteiger partial charge on any atom is 0.330 e. The monoisotopic (exact) mass is 180 g/mol. The van der Waals surface area contributed by atoms with Gasteiger partial charge in [-0.3, -0.25) is 0 Å². The maximum absolute atomic E-state index is 10.9. The van der Waals surface area contributed by atoms with Crippen molar-refractivity contribution in [2.75, 3.05) is 6.61 Å². The molecule has 0 radical (unpaired) electrons. The summed E-state index contributed by atoms with van der Waals surface area (Å²) >= 11 is 0. The van der Waals surface area contributed by atoms with E-state index in [0.29, 0.717) is 12.5 Å². The van der Waals surface area contributed by atoms with Gasteiger partial charge in [0, 0.05) is 6.08 Å². The van der Waals surface area contributed by atoms with E-state index in [-0.39, 0.29) is 5.97 Å². The summed E-state index contributed by atoms with van der Waals surface area (Å²) in [6.07, 6.45) is 11.2. The Kier molecular flexibility index (Phi) is 4.30. The summed E-state index contributed by atoms with van der Waals surface area (Å²) in [6, 6.07) is 0. The van der Waals surface area contributed by atoms with E-state index >= 15 is 0 Å². The van der Waals surface area contributed by atoms with Gasteiger partial charge in [0.1, 0.15) is 0 Å². The summed E-state index contributed by atoms with van der Waals surface area (Å²) in [5, 5.41) is 0. The Morgan fingerprint density at radius 3 is 3.15 bits per heavy atom. The molecule has 2 heteroatoms. The molecule has 1 aliphatic rings. The molecule has 0 saturated carbocycles. The predicted molar refractivity (Wildman–Crippen MR) is 52.3 cm³/mol. The molecule has 2 nitrogen and oxygen atoms in total. The van der Waals surface area contributed by atoms with Crippen LogP contribution in [0.2, 0.25) is 0 Å². The standard InChI is InChI=1S/C11H16O2/c1-2-13-11(12)9-5-8-10-6-3-4-7-10/h3,5-6,9-10H,2,4,7-8H2,1H3/b9-5+. The molecule has 0 heterocycles. The highest BCUT2D eigenvalue weighted by atomic mass is 16.5. The Balaban J connectivity index is 2.16. The Hall–Kier alpha value is -1.05. The molecule has 0 N–H and O–H groups in total. The highest BCUT2D eigenvalue weighted by molar-refractivity contribution is 5.81. The molecule has 0 fully saturated rings. The minimum atomic E-state index is -0.232.